The molecule has 1 atom stereocenters. The van der Waals surface area contributed by atoms with E-state index in [9.17, 15) is 35.8 Å². The van der Waals surface area contributed by atoms with Crippen LogP contribution in [0.3, 0.4) is 0 Å². The molecule has 13 nitrogen and oxygen atoms in total. The lowest BCUT2D eigenvalue weighted by Crippen LogP contribution is -2.35. The highest BCUT2D eigenvalue weighted by Crippen LogP contribution is 2.51. The van der Waals surface area contributed by atoms with Gasteiger partial charge in [0.1, 0.15) is 24.7 Å². The zero-order chi connectivity index (χ0) is 40.7. The van der Waals surface area contributed by atoms with Crippen molar-refractivity contribution in [1.82, 2.24) is 4.58 Å². The van der Waals surface area contributed by atoms with Crippen molar-refractivity contribution in [1.29, 1.82) is 0 Å². The molecule has 2 aromatic carbocycles. The molecule has 2 heterocycles. The van der Waals surface area contributed by atoms with Gasteiger partial charge in [0.2, 0.25) is 5.36 Å². The number of fused-ring (bicyclic) bond motifs is 2. The lowest BCUT2D eigenvalue weighted by atomic mass is 9.77. The van der Waals surface area contributed by atoms with Crippen molar-refractivity contribution in [2.45, 2.75) is 49.8 Å². The van der Waals surface area contributed by atoms with E-state index in [1.165, 1.54) is 12.1 Å². The minimum Gasteiger partial charge on any atom is -0.481 e. The van der Waals surface area contributed by atoms with Gasteiger partial charge in [0.25, 0.3) is 20.2 Å². The van der Waals surface area contributed by atoms with Gasteiger partial charge in [0, 0.05) is 66.7 Å². The van der Waals surface area contributed by atoms with Crippen molar-refractivity contribution in [3.8, 4) is 22.6 Å². The molecule has 15 heteroatoms. The molecule has 0 saturated heterocycles. The molecule has 0 fully saturated rings. The number of allylic oxidation sites excluding steroid dienone is 3. The molecule has 2 aromatic rings. The van der Waals surface area contributed by atoms with Crippen molar-refractivity contribution in [2.24, 2.45) is 0 Å². The van der Waals surface area contributed by atoms with Crippen LogP contribution in [0.15, 0.2) is 93.9 Å². The lowest BCUT2D eigenvalue weighted by molar-refractivity contribution is -0.137. The van der Waals surface area contributed by atoms with Crippen LogP contribution in [0.25, 0.3) is 28.7 Å². The van der Waals surface area contributed by atoms with E-state index in [-0.39, 0.29) is 30.7 Å². The normalized spacial score (nSPS) is 16.6. The Balaban J connectivity index is 1.70. The highest BCUT2D eigenvalue weighted by atomic mass is 32.2. The molecule has 5 rings (SSSR count). The zero-order valence-corrected chi connectivity index (χ0v) is 33.6. The van der Waals surface area contributed by atoms with Crippen molar-refractivity contribution < 1.29 is 49.7 Å². The zero-order valence-electron chi connectivity index (χ0n) is 32.0. The fraction of sp³-hybridized carbons (Fsp3) is 0.366. The third kappa shape index (κ3) is 10.0. The molecule has 0 amide bonds. The lowest BCUT2D eigenvalue weighted by Gasteiger charge is -2.30. The Bertz CT molecular complexity index is 2360. The largest absolute Gasteiger partial charge is 0.481 e. The number of anilines is 1. The summed E-state index contributed by atoms with van der Waals surface area (Å²) in [6.07, 6.45) is 6.15. The number of aliphatic carboxylic acids is 1. The Morgan fingerprint density at radius 2 is 1.64 bits per heavy atom. The second-order valence-electron chi connectivity index (χ2n) is 13.9. The number of carboxylic acid groups (broad SMARTS) is 1. The van der Waals surface area contributed by atoms with Crippen LogP contribution in [-0.4, -0.2) is 89.8 Å². The van der Waals surface area contributed by atoms with E-state index < -0.39 is 37.4 Å². The first-order chi connectivity index (χ1) is 26.6. The van der Waals surface area contributed by atoms with Gasteiger partial charge in [-0.05, 0) is 74.6 Å². The van der Waals surface area contributed by atoms with E-state index in [1.54, 1.807) is 20.3 Å². The summed E-state index contributed by atoms with van der Waals surface area (Å²) < 4.78 is 86.9. The number of hydrogen-bond acceptors (Lipinski definition) is 9. The first-order valence-electron chi connectivity index (χ1n) is 18.2. The Morgan fingerprint density at radius 3 is 2.27 bits per heavy atom. The van der Waals surface area contributed by atoms with Gasteiger partial charge in [-0.3, -0.25) is 13.9 Å². The van der Waals surface area contributed by atoms with E-state index >= 15 is 0 Å². The van der Waals surface area contributed by atoms with Crippen LogP contribution in [0.2, 0.25) is 0 Å². The summed E-state index contributed by atoms with van der Waals surface area (Å²) in [5.41, 5.74) is 4.32. The smallest absolute Gasteiger partial charge is 0.303 e. The van der Waals surface area contributed by atoms with Gasteiger partial charge in [0.05, 0.1) is 16.7 Å². The van der Waals surface area contributed by atoms with Crippen molar-refractivity contribution in [2.75, 3.05) is 57.7 Å². The van der Waals surface area contributed by atoms with Gasteiger partial charge in [-0.1, -0.05) is 42.5 Å². The fourth-order valence-electron chi connectivity index (χ4n) is 7.31. The van der Waals surface area contributed by atoms with E-state index in [0.29, 0.717) is 61.2 Å². The van der Waals surface area contributed by atoms with Gasteiger partial charge < -0.3 is 23.9 Å². The molecular formula is C41H49N2O11S2+. The maximum Gasteiger partial charge on any atom is 0.303 e. The molecule has 56 heavy (non-hydrogen) atoms. The average Bonchev–Trinajstić information content (AvgIpc) is 3.37. The second-order valence-corrected chi connectivity index (χ2v) is 16.9. The maximum absolute atomic E-state index is 12.3. The first kappa shape index (κ1) is 42.5. The Labute approximate surface area is 328 Å². The van der Waals surface area contributed by atoms with Gasteiger partial charge in [0.15, 0.2) is 13.1 Å². The first-order valence-corrected chi connectivity index (χ1v) is 21.3. The van der Waals surface area contributed by atoms with Crippen LogP contribution in [0.5, 0.6) is 0 Å². The summed E-state index contributed by atoms with van der Waals surface area (Å²) in [7, 11) is -5.54. The number of rotatable bonds is 18. The molecule has 0 bridgehead atoms. The fourth-order valence-corrected chi connectivity index (χ4v) is 8.31. The predicted octanol–water partition coefficient (Wildman–Crippen LogP) is 5.88. The minimum absolute atomic E-state index is 0.0447. The summed E-state index contributed by atoms with van der Waals surface area (Å²) >= 11 is 0. The summed E-state index contributed by atoms with van der Waals surface area (Å²) in [5.74, 6) is -0.156. The number of hydrogen-bond donors (Lipinski definition) is 3. The van der Waals surface area contributed by atoms with Gasteiger partial charge >= 0.3 is 5.97 Å². The monoisotopic (exact) mass is 809 g/mol. The molecular weight excluding hydrogens is 761 g/mol. The van der Waals surface area contributed by atoms with Crippen LogP contribution in [0, 0.1) is 6.92 Å². The summed E-state index contributed by atoms with van der Waals surface area (Å²) in [4.78, 5) is 13.1. The molecule has 0 spiro atoms. The van der Waals surface area contributed by atoms with Gasteiger partial charge in [-0.15, -0.1) is 0 Å². The number of carbonyl (C=O) groups is 1. The number of benzene rings is 3. The topological polar surface area (TPSA) is 184 Å². The average molecular weight is 810 g/mol. The van der Waals surface area contributed by atoms with Crippen molar-refractivity contribution in [3.63, 3.8) is 0 Å². The molecule has 1 unspecified atom stereocenters. The third-order valence-corrected chi connectivity index (χ3v) is 11.8. The number of carboxylic acids is 1. The van der Waals surface area contributed by atoms with Gasteiger partial charge in [-0.2, -0.15) is 16.8 Å². The van der Waals surface area contributed by atoms with E-state index in [1.807, 2.05) is 85.5 Å². The second kappa shape index (κ2) is 18.1. The molecule has 300 valence electrons. The highest BCUT2D eigenvalue weighted by Gasteiger charge is 2.43. The SMILES string of the molecule is COCC[N+](CCOC)=c1ccc2c(/C=C/C=C3\N(CCCS(=O)(=O)O)c4ccc(S(=O)(=O)O)cc4C3(C)CCCC(=O)O)c(C)c(-c3ccccc3)oc-2c1. The third-order valence-electron chi connectivity index (χ3n) is 10.1. The van der Waals surface area contributed by atoms with Crippen LogP contribution in [-0.2, 0) is 39.9 Å². The van der Waals surface area contributed by atoms with Crippen LogP contribution in [0.1, 0.15) is 49.3 Å². The molecule has 0 saturated carbocycles. The van der Waals surface area contributed by atoms with E-state index in [0.717, 1.165) is 27.6 Å². The number of nitrogens with zero attached hydrogens (tertiary/aromatic N) is 2. The summed E-state index contributed by atoms with van der Waals surface area (Å²) in [5, 5.41) is 10.4. The van der Waals surface area contributed by atoms with Crippen LogP contribution < -0.4 is 14.8 Å². The maximum atomic E-state index is 12.3. The highest BCUT2D eigenvalue weighted by molar-refractivity contribution is 7.86. The van der Waals surface area contributed by atoms with Crippen molar-refractivity contribution >= 4 is 38.0 Å². The predicted molar refractivity (Wildman–Crippen MR) is 215 cm³/mol. The minimum atomic E-state index is -4.59. The Morgan fingerprint density at radius 1 is 0.946 bits per heavy atom. The number of methoxy groups -OCH3 is 2. The molecule has 1 aliphatic carbocycles. The van der Waals surface area contributed by atoms with Crippen LogP contribution in [0.4, 0.5) is 5.69 Å². The Kier molecular flexibility index (Phi) is 13.7. The molecule has 3 N–H and O–H groups in total. The van der Waals surface area contributed by atoms with E-state index in [2.05, 4.69) is 4.58 Å². The molecule has 0 aromatic heterocycles. The quantitative estimate of drug-likeness (QED) is 0.0803. The van der Waals surface area contributed by atoms with Crippen molar-refractivity contribution in [3.05, 3.63) is 107 Å². The molecule has 0 radical (unpaired) electrons. The summed E-state index contributed by atoms with van der Waals surface area (Å²) in [6.45, 7) is 6.32. The Hall–Kier alpha value is -4.64. The standard InChI is InChI=1S/C41H48N2O11S2/c1-29-33(34-18-16-31(42(22-24-52-3)23-25-53-4)27-37(34)54-40(29)30-11-6-5-7-12-30)13-8-14-38-41(2,20-9-15-39(44)45)35-28-32(56(49,50)51)17-19-36(35)43(38)21-10-26-55(46,47)48/h5-8,11-14,16-19,27-28H,9-10,15,20-26H2,1-4H3,(H2-,44,45,46,47,48,49,50,51)/p+1. The van der Waals surface area contributed by atoms with E-state index in [4.69, 9.17) is 13.9 Å². The molecule has 3 aliphatic rings. The molecule has 2 aliphatic heterocycles. The van der Waals surface area contributed by atoms with Crippen LogP contribution >= 0.6 is 0 Å². The number of ether oxygens (including phenoxy) is 2. The van der Waals surface area contributed by atoms with Gasteiger partial charge in [-0.25, -0.2) is 4.58 Å². The summed E-state index contributed by atoms with van der Waals surface area (Å²) in [6, 6.07) is 20.0.